The van der Waals surface area contributed by atoms with Crippen molar-refractivity contribution in [1.29, 1.82) is 0 Å². The van der Waals surface area contributed by atoms with Gasteiger partial charge in [-0.2, -0.15) is 0 Å². The second-order valence-electron chi connectivity index (χ2n) is 5.11. The van der Waals surface area contributed by atoms with Crippen molar-refractivity contribution in [2.45, 2.75) is 47.3 Å². The van der Waals surface area contributed by atoms with Crippen LogP contribution in [0.2, 0.25) is 0 Å². The number of rotatable bonds is 4. The van der Waals surface area contributed by atoms with Gasteiger partial charge in [-0.25, -0.2) is 0 Å². The molecule has 0 amide bonds. The van der Waals surface area contributed by atoms with Gasteiger partial charge < -0.3 is 5.73 Å². The topological polar surface area (TPSA) is 26.0 Å². The van der Waals surface area contributed by atoms with Crippen molar-refractivity contribution in [3.05, 3.63) is 23.8 Å². The van der Waals surface area contributed by atoms with Crippen LogP contribution in [0.25, 0.3) is 0 Å². The quantitative estimate of drug-likeness (QED) is 0.834. The lowest BCUT2D eigenvalue weighted by Gasteiger charge is -2.37. The van der Waals surface area contributed by atoms with Gasteiger partial charge in [0.2, 0.25) is 0 Å². The second-order valence-corrected chi connectivity index (χ2v) is 6.81. The normalized spacial score (nSPS) is 18.8. The first-order valence-corrected chi connectivity index (χ1v) is 9.13. The summed E-state index contributed by atoms with van der Waals surface area (Å²) < 4.78 is 0. The zero-order chi connectivity index (χ0) is 13.0. The molecular weight excluding hydrogens is 258 g/mol. The molecule has 0 spiro atoms. The third-order valence-electron chi connectivity index (χ3n) is 4.20. The highest BCUT2D eigenvalue weighted by Crippen LogP contribution is 2.41. The molecule has 3 heteroatoms. The molecule has 1 nitrogen and oxygen atoms in total. The minimum atomic E-state index is 0.250. The van der Waals surface area contributed by atoms with Gasteiger partial charge in [0.05, 0.1) is 0 Å². The Labute approximate surface area is 119 Å². The van der Waals surface area contributed by atoms with Crippen molar-refractivity contribution in [2.75, 3.05) is 19.1 Å². The summed E-state index contributed by atoms with van der Waals surface area (Å²) >= 11 is 3.68. The maximum atomic E-state index is 6.12. The maximum Gasteiger partial charge on any atom is 0.0208 e. The van der Waals surface area contributed by atoms with E-state index >= 15 is 0 Å². The molecule has 0 aromatic heterocycles. The zero-order valence-electron chi connectivity index (χ0n) is 11.4. The Kier molecular flexibility index (Phi) is 5.05. The lowest BCUT2D eigenvalue weighted by Crippen LogP contribution is -2.37. The van der Waals surface area contributed by atoms with Crippen molar-refractivity contribution in [2.24, 2.45) is 5.73 Å². The van der Waals surface area contributed by atoms with Crippen LogP contribution in [0.5, 0.6) is 0 Å². The fourth-order valence-electron chi connectivity index (χ4n) is 3.01. The van der Waals surface area contributed by atoms with E-state index in [1.807, 2.05) is 23.5 Å². The van der Waals surface area contributed by atoms with Gasteiger partial charge in [-0.3, -0.25) is 0 Å². The molecule has 0 bridgehead atoms. The molecule has 1 aliphatic rings. The molecule has 1 aromatic carbocycles. The van der Waals surface area contributed by atoms with Gasteiger partial charge in [-0.1, -0.05) is 25.3 Å². The summed E-state index contributed by atoms with van der Waals surface area (Å²) in [7, 11) is 0. The van der Waals surface area contributed by atoms with Crippen LogP contribution in [0.3, 0.4) is 0 Å². The molecule has 1 aliphatic carbocycles. The lowest BCUT2D eigenvalue weighted by atomic mass is 9.69. The van der Waals surface area contributed by atoms with Crippen LogP contribution in [0.1, 0.15) is 37.7 Å². The minimum Gasteiger partial charge on any atom is -0.330 e. The van der Waals surface area contributed by atoms with Crippen LogP contribution in [0.15, 0.2) is 28.0 Å². The first-order valence-electron chi connectivity index (χ1n) is 6.68. The van der Waals surface area contributed by atoms with Crippen molar-refractivity contribution in [3.8, 4) is 0 Å². The van der Waals surface area contributed by atoms with Crippen LogP contribution >= 0.6 is 23.5 Å². The summed E-state index contributed by atoms with van der Waals surface area (Å²) in [4.78, 5) is 2.78. The Balaban J connectivity index is 2.36. The zero-order valence-corrected chi connectivity index (χ0v) is 13.0. The SMILES string of the molecule is CSc1ccc(C2(CN)CCCCC2)cc1SC. The summed E-state index contributed by atoms with van der Waals surface area (Å²) in [6.45, 7) is 0.791. The third-order valence-corrected chi connectivity index (χ3v) is 5.90. The first kappa shape index (κ1) is 14.3. The van der Waals surface area contributed by atoms with E-state index in [-0.39, 0.29) is 5.41 Å². The summed E-state index contributed by atoms with van der Waals surface area (Å²) in [6.07, 6.45) is 10.9. The van der Waals surface area contributed by atoms with Crippen LogP contribution in [0, 0.1) is 0 Å². The largest absolute Gasteiger partial charge is 0.330 e. The number of thioether (sulfide) groups is 2. The molecule has 1 saturated carbocycles. The number of nitrogens with two attached hydrogens (primary N) is 1. The lowest BCUT2D eigenvalue weighted by molar-refractivity contribution is 0.300. The molecule has 2 rings (SSSR count). The summed E-state index contributed by atoms with van der Waals surface area (Å²) in [6, 6.07) is 6.97. The average molecular weight is 281 g/mol. The molecule has 0 heterocycles. The fraction of sp³-hybridized carbons (Fsp3) is 0.600. The van der Waals surface area contributed by atoms with Crippen molar-refractivity contribution >= 4 is 23.5 Å². The van der Waals surface area contributed by atoms with Gasteiger partial charge >= 0.3 is 0 Å². The number of hydrogen-bond acceptors (Lipinski definition) is 3. The Hall–Kier alpha value is -0.120. The van der Waals surface area contributed by atoms with Gasteiger partial charge in [-0.15, -0.1) is 23.5 Å². The Bertz CT molecular complexity index is 397. The van der Waals surface area contributed by atoms with E-state index in [0.29, 0.717) is 0 Å². The minimum absolute atomic E-state index is 0.250. The summed E-state index contributed by atoms with van der Waals surface area (Å²) in [5.74, 6) is 0. The van der Waals surface area contributed by atoms with E-state index in [1.54, 1.807) is 0 Å². The van der Waals surface area contributed by atoms with Crippen LogP contribution in [-0.2, 0) is 5.41 Å². The van der Waals surface area contributed by atoms with Crippen LogP contribution in [-0.4, -0.2) is 19.1 Å². The van der Waals surface area contributed by atoms with E-state index < -0.39 is 0 Å². The second kappa shape index (κ2) is 6.36. The first-order chi connectivity index (χ1) is 8.75. The highest BCUT2D eigenvalue weighted by atomic mass is 32.2. The van der Waals surface area contributed by atoms with Crippen molar-refractivity contribution in [1.82, 2.24) is 0 Å². The average Bonchev–Trinajstić information content (AvgIpc) is 2.47. The molecule has 0 atom stereocenters. The molecular formula is C15H23NS2. The number of benzene rings is 1. The predicted octanol–water partition coefficient (Wildman–Crippen LogP) is 4.29. The standard InChI is InChI=1S/C15H23NS2/c1-17-13-7-6-12(10-14(13)18-2)15(11-16)8-4-3-5-9-15/h6-7,10H,3-5,8-9,11,16H2,1-2H3. The van der Waals surface area contributed by atoms with E-state index in [1.165, 1.54) is 47.5 Å². The summed E-state index contributed by atoms with van der Waals surface area (Å²) in [5.41, 5.74) is 7.83. The molecule has 0 aliphatic heterocycles. The van der Waals surface area contributed by atoms with E-state index in [0.717, 1.165) is 6.54 Å². The Morgan fingerprint density at radius 3 is 2.28 bits per heavy atom. The highest BCUT2D eigenvalue weighted by molar-refractivity contribution is 8.01. The van der Waals surface area contributed by atoms with Crippen LogP contribution < -0.4 is 5.73 Å². The van der Waals surface area contributed by atoms with Gasteiger partial charge in [0.15, 0.2) is 0 Å². The van der Waals surface area contributed by atoms with E-state index in [4.69, 9.17) is 5.73 Å². The molecule has 0 saturated heterocycles. The van der Waals surface area contributed by atoms with Crippen LogP contribution in [0.4, 0.5) is 0 Å². The number of hydrogen-bond donors (Lipinski definition) is 1. The molecule has 1 fully saturated rings. The molecule has 2 N–H and O–H groups in total. The monoisotopic (exact) mass is 281 g/mol. The molecule has 1 aromatic rings. The predicted molar refractivity (Wildman–Crippen MR) is 83.8 cm³/mol. The molecule has 0 unspecified atom stereocenters. The van der Waals surface area contributed by atoms with E-state index in [9.17, 15) is 0 Å². The van der Waals surface area contributed by atoms with Crippen molar-refractivity contribution in [3.63, 3.8) is 0 Å². The maximum absolute atomic E-state index is 6.12. The summed E-state index contributed by atoms with van der Waals surface area (Å²) in [5, 5.41) is 0. The fourth-order valence-corrected chi connectivity index (χ4v) is 4.48. The Morgan fingerprint density at radius 1 is 1.06 bits per heavy atom. The van der Waals surface area contributed by atoms with Crippen molar-refractivity contribution < 1.29 is 0 Å². The van der Waals surface area contributed by atoms with Gasteiger partial charge in [0, 0.05) is 21.8 Å². The van der Waals surface area contributed by atoms with Gasteiger partial charge in [0.1, 0.15) is 0 Å². The van der Waals surface area contributed by atoms with Gasteiger partial charge in [-0.05, 0) is 43.0 Å². The molecule has 100 valence electrons. The molecule has 18 heavy (non-hydrogen) atoms. The van der Waals surface area contributed by atoms with Gasteiger partial charge in [0.25, 0.3) is 0 Å². The molecule has 0 radical (unpaired) electrons. The third kappa shape index (κ3) is 2.73. The highest BCUT2D eigenvalue weighted by Gasteiger charge is 2.32. The Morgan fingerprint density at radius 2 is 1.72 bits per heavy atom. The van der Waals surface area contributed by atoms with E-state index in [2.05, 4.69) is 30.7 Å². The smallest absolute Gasteiger partial charge is 0.0208 e.